The highest BCUT2D eigenvalue weighted by atomic mass is 35.5. The van der Waals surface area contributed by atoms with E-state index >= 15 is 0 Å². The average Bonchev–Trinajstić information content (AvgIpc) is 2.46. The van der Waals surface area contributed by atoms with Crippen molar-refractivity contribution in [2.24, 2.45) is 0 Å². The van der Waals surface area contributed by atoms with Crippen molar-refractivity contribution < 1.29 is 9.59 Å². The number of nitrogens with one attached hydrogen (secondary N) is 2. The van der Waals surface area contributed by atoms with E-state index in [4.69, 9.17) is 11.6 Å². The fourth-order valence-electron chi connectivity index (χ4n) is 1.79. The van der Waals surface area contributed by atoms with Crippen LogP contribution >= 0.6 is 11.6 Å². The molecule has 0 saturated heterocycles. The molecule has 2 amide bonds. The number of benzene rings is 1. The Balaban J connectivity index is 2.15. The molecule has 0 fully saturated rings. The van der Waals surface area contributed by atoms with Gasteiger partial charge in [0.1, 0.15) is 11.4 Å². The maximum absolute atomic E-state index is 12.2. The molecule has 0 unspecified atom stereocenters. The Hall–Kier alpha value is -2.40. The van der Waals surface area contributed by atoms with Gasteiger partial charge in [-0.2, -0.15) is 0 Å². The van der Waals surface area contributed by atoms with Crippen molar-refractivity contribution in [2.45, 2.75) is 19.9 Å². The predicted octanol–water partition coefficient (Wildman–Crippen LogP) is 3.13. The average molecular weight is 318 g/mol. The monoisotopic (exact) mass is 317 g/mol. The normalized spacial score (nSPS) is 10.4. The number of rotatable bonds is 4. The molecule has 0 saturated carbocycles. The molecule has 22 heavy (non-hydrogen) atoms. The SMILES string of the molecule is CC(C)NC(=O)c1cccc(C(=O)Nc2cccc(Cl)c2)n1. The van der Waals surface area contributed by atoms with Crippen LogP contribution < -0.4 is 10.6 Å². The Morgan fingerprint density at radius 2 is 1.68 bits per heavy atom. The molecule has 0 radical (unpaired) electrons. The third kappa shape index (κ3) is 4.30. The predicted molar refractivity (Wildman–Crippen MR) is 86.2 cm³/mol. The summed E-state index contributed by atoms with van der Waals surface area (Å²) in [4.78, 5) is 28.2. The van der Waals surface area contributed by atoms with Gasteiger partial charge in [0.15, 0.2) is 0 Å². The van der Waals surface area contributed by atoms with E-state index < -0.39 is 5.91 Å². The highest BCUT2D eigenvalue weighted by molar-refractivity contribution is 6.30. The van der Waals surface area contributed by atoms with Crippen LogP contribution in [0.5, 0.6) is 0 Å². The highest BCUT2D eigenvalue weighted by Crippen LogP contribution is 2.15. The first-order valence-electron chi connectivity index (χ1n) is 6.80. The van der Waals surface area contributed by atoms with Crippen LogP contribution in [0.2, 0.25) is 5.02 Å². The minimum Gasteiger partial charge on any atom is -0.349 e. The van der Waals surface area contributed by atoms with Gasteiger partial charge in [-0.15, -0.1) is 0 Å². The fraction of sp³-hybridized carbons (Fsp3) is 0.188. The lowest BCUT2D eigenvalue weighted by Crippen LogP contribution is -2.31. The molecule has 2 N–H and O–H groups in total. The number of pyridine rings is 1. The van der Waals surface area contributed by atoms with Gasteiger partial charge >= 0.3 is 0 Å². The number of anilines is 1. The smallest absolute Gasteiger partial charge is 0.274 e. The van der Waals surface area contributed by atoms with Gasteiger partial charge < -0.3 is 10.6 Å². The number of amides is 2. The van der Waals surface area contributed by atoms with E-state index in [1.807, 2.05) is 13.8 Å². The lowest BCUT2D eigenvalue weighted by molar-refractivity contribution is 0.0938. The first kappa shape index (κ1) is 16.0. The first-order valence-corrected chi connectivity index (χ1v) is 7.18. The summed E-state index contributed by atoms with van der Waals surface area (Å²) < 4.78 is 0. The molecule has 114 valence electrons. The summed E-state index contributed by atoms with van der Waals surface area (Å²) in [6, 6.07) is 11.5. The van der Waals surface area contributed by atoms with E-state index in [1.54, 1.807) is 42.5 Å². The molecule has 2 rings (SSSR count). The van der Waals surface area contributed by atoms with Gasteiger partial charge in [0.25, 0.3) is 11.8 Å². The summed E-state index contributed by atoms with van der Waals surface area (Å²) in [5.74, 6) is -0.714. The van der Waals surface area contributed by atoms with E-state index in [0.29, 0.717) is 10.7 Å². The van der Waals surface area contributed by atoms with E-state index in [-0.39, 0.29) is 23.3 Å². The van der Waals surface area contributed by atoms with Gasteiger partial charge in [-0.25, -0.2) is 4.98 Å². The summed E-state index contributed by atoms with van der Waals surface area (Å²) in [5, 5.41) is 5.94. The second-order valence-electron chi connectivity index (χ2n) is 5.00. The third-order valence-electron chi connectivity index (χ3n) is 2.72. The van der Waals surface area contributed by atoms with Gasteiger partial charge in [0.05, 0.1) is 0 Å². The lowest BCUT2D eigenvalue weighted by atomic mass is 10.2. The Labute approximate surface area is 133 Å². The Morgan fingerprint density at radius 3 is 2.32 bits per heavy atom. The maximum Gasteiger partial charge on any atom is 0.274 e. The molecule has 1 aromatic heterocycles. The van der Waals surface area contributed by atoms with Crippen LogP contribution in [-0.2, 0) is 0 Å². The molecule has 0 aliphatic heterocycles. The van der Waals surface area contributed by atoms with Crippen molar-refractivity contribution >= 4 is 29.1 Å². The van der Waals surface area contributed by atoms with Crippen molar-refractivity contribution in [3.05, 3.63) is 58.9 Å². The fourth-order valence-corrected chi connectivity index (χ4v) is 1.98. The summed E-state index contributed by atoms with van der Waals surface area (Å²) in [6.07, 6.45) is 0. The second kappa shape index (κ2) is 7.04. The van der Waals surface area contributed by atoms with Gasteiger partial charge in [-0.1, -0.05) is 23.7 Å². The topological polar surface area (TPSA) is 71.1 Å². The number of nitrogens with zero attached hydrogens (tertiary/aromatic N) is 1. The summed E-state index contributed by atoms with van der Waals surface area (Å²) >= 11 is 5.87. The number of halogens is 1. The second-order valence-corrected chi connectivity index (χ2v) is 5.44. The van der Waals surface area contributed by atoms with Gasteiger partial charge in [-0.3, -0.25) is 9.59 Å². The molecule has 1 heterocycles. The van der Waals surface area contributed by atoms with E-state index in [1.165, 1.54) is 0 Å². The van der Waals surface area contributed by atoms with Crippen LogP contribution in [0.15, 0.2) is 42.5 Å². The van der Waals surface area contributed by atoms with Crippen LogP contribution in [0.25, 0.3) is 0 Å². The first-order chi connectivity index (χ1) is 10.5. The van der Waals surface area contributed by atoms with Crippen molar-refractivity contribution in [1.82, 2.24) is 10.3 Å². The largest absolute Gasteiger partial charge is 0.349 e. The molecular formula is C16H16ClN3O2. The molecular weight excluding hydrogens is 302 g/mol. The molecule has 5 nitrogen and oxygen atoms in total. The molecule has 0 aliphatic rings. The molecule has 0 aliphatic carbocycles. The zero-order valence-corrected chi connectivity index (χ0v) is 13.0. The molecule has 0 spiro atoms. The number of carbonyl (C=O) groups excluding carboxylic acids is 2. The quantitative estimate of drug-likeness (QED) is 0.910. The minimum atomic E-state index is -0.401. The van der Waals surface area contributed by atoms with E-state index in [2.05, 4.69) is 15.6 Å². The lowest BCUT2D eigenvalue weighted by Gasteiger charge is -2.09. The molecule has 0 bridgehead atoms. The number of aromatic nitrogens is 1. The zero-order chi connectivity index (χ0) is 16.1. The van der Waals surface area contributed by atoms with Gasteiger partial charge in [-0.05, 0) is 44.2 Å². The van der Waals surface area contributed by atoms with E-state index in [9.17, 15) is 9.59 Å². The number of carbonyl (C=O) groups is 2. The van der Waals surface area contributed by atoms with Crippen molar-refractivity contribution in [1.29, 1.82) is 0 Å². The van der Waals surface area contributed by atoms with Crippen LogP contribution in [-0.4, -0.2) is 22.8 Å². The standard InChI is InChI=1S/C16H16ClN3O2/c1-10(2)18-15(21)13-7-4-8-14(20-13)16(22)19-12-6-3-5-11(17)9-12/h3-10H,1-2H3,(H,18,21)(H,19,22). The zero-order valence-electron chi connectivity index (χ0n) is 12.3. The van der Waals surface area contributed by atoms with Crippen LogP contribution in [0.3, 0.4) is 0 Å². The van der Waals surface area contributed by atoms with Crippen molar-refractivity contribution in [2.75, 3.05) is 5.32 Å². The third-order valence-corrected chi connectivity index (χ3v) is 2.95. The Bertz CT molecular complexity index is 701. The number of hydrogen-bond acceptors (Lipinski definition) is 3. The Morgan fingerprint density at radius 1 is 1.05 bits per heavy atom. The van der Waals surface area contributed by atoms with Crippen LogP contribution in [0.4, 0.5) is 5.69 Å². The van der Waals surface area contributed by atoms with E-state index in [0.717, 1.165) is 0 Å². The molecule has 1 aromatic carbocycles. The minimum absolute atomic E-state index is 0.00163. The molecule has 0 atom stereocenters. The summed E-state index contributed by atoms with van der Waals surface area (Å²) in [6.45, 7) is 3.71. The van der Waals surface area contributed by atoms with Gasteiger partial charge in [0.2, 0.25) is 0 Å². The highest BCUT2D eigenvalue weighted by Gasteiger charge is 2.13. The number of hydrogen-bond donors (Lipinski definition) is 2. The van der Waals surface area contributed by atoms with Crippen LogP contribution in [0, 0.1) is 0 Å². The van der Waals surface area contributed by atoms with Crippen LogP contribution in [0.1, 0.15) is 34.8 Å². The summed E-state index contributed by atoms with van der Waals surface area (Å²) in [5.41, 5.74) is 0.931. The van der Waals surface area contributed by atoms with Gasteiger partial charge in [0, 0.05) is 16.8 Å². The molecule has 6 heteroatoms. The Kier molecular flexibility index (Phi) is 5.12. The van der Waals surface area contributed by atoms with Crippen molar-refractivity contribution in [3.63, 3.8) is 0 Å². The summed E-state index contributed by atoms with van der Waals surface area (Å²) in [7, 11) is 0. The molecule has 2 aromatic rings. The maximum atomic E-state index is 12.2. The van der Waals surface area contributed by atoms with Crippen molar-refractivity contribution in [3.8, 4) is 0 Å².